The van der Waals surface area contributed by atoms with Gasteiger partial charge in [0.05, 0.1) is 23.9 Å². The number of para-hydroxylation sites is 1. The zero-order chi connectivity index (χ0) is 18.6. The minimum Gasteiger partial charge on any atom is -0.493 e. The molecule has 0 aliphatic carbocycles. The van der Waals surface area contributed by atoms with Crippen LogP contribution in [0.3, 0.4) is 0 Å². The smallest absolute Gasteiger partial charge is 0.255 e. The maximum atomic E-state index is 12.9. The predicted octanol–water partition coefficient (Wildman–Crippen LogP) is 4.10. The van der Waals surface area contributed by atoms with Crippen LogP contribution in [0.25, 0.3) is 11.4 Å². The van der Waals surface area contributed by atoms with Gasteiger partial charge in [-0.1, -0.05) is 48.5 Å². The molecule has 5 heteroatoms. The lowest BCUT2D eigenvalue weighted by Gasteiger charge is -2.19. The highest BCUT2D eigenvalue weighted by atomic mass is 16.5. The Morgan fingerprint density at radius 1 is 1.11 bits per heavy atom. The molecule has 2 heterocycles. The number of benzene rings is 2. The molecule has 5 nitrogen and oxygen atoms in total. The largest absolute Gasteiger partial charge is 0.493 e. The Labute approximate surface area is 158 Å². The molecular weight excluding hydrogens is 338 g/mol. The first kappa shape index (κ1) is 17.2. The van der Waals surface area contributed by atoms with E-state index in [1.807, 2.05) is 61.5 Å². The van der Waals surface area contributed by atoms with Crippen LogP contribution in [0.5, 0.6) is 5.75 Å². The predicted molar refractivity (Wildman–Crippen MR) is 104 cm³/mol. The van der Waals surface area contributed by atoms with Crippen LogP contribution in [-0.4, -0.2) is 22.5 Å². The number of carbonyl (C=O) groups is 1. The van der Waals surface area contributed by atoms with Gasteiger partial charge in [-0.05, 0) is 25.8 Å². The summed E-state index contributed by atoms with van der Waals surface area (Å²) in [4.78, 5) is 21.8. The molecule has 4 rings (SSSR count). The Kier molecular flexibility index (Phi) is 4.83. The number of ether oxygens (including phenoxy) is 1. The van der Waals surface area contributed by atoms with Gasteiger partial charge in [0.25, 0.3) is 5.91 Å². The molecule has 27 heavy (non-hydrogen) atoms. The van der Waals surface area contributed by atoms with Crippen LogP contribution in [0, 0.1) is 6.92 Å². The molecule has 1 N–H and O–H groups in total. The van der Waals surface area contributed by atoms with Gasteiger partial charge in [0.2, 0.25) is 0 Å². The number of nitrogens with one attached hydrogen (secondary N) is 1. The van der Waals surface area contributed by atoms with E-state index in [0.717, 1.165) is 29.7 Å². The summed E-state index contributed by atoms with van der Waals surface area (Å²) in [5.41, 5.74) is 3.11. The van der Waals surface area contributed by atoms with Crippen molar-refractivity contribution in [2.45, 2.75) is 25.8 Å². The zero-order valence-electron chi connectivity index (χ0n) is 15.2. The SMILES string of the molecule is Cc1nc(-c2ccccc2)ncc1C(=O)NC1CCCOc2ccccc21. The fraction of sp³-hybridized carbons (Fsp3) is 0.227. The van der Waals surface area contributed by atoms with Gasteiger partial charge in [0.15, 0.2) is 5.82 Å². The summed E-state index contributed by atoms with van der Waals surface area (Å²) in [5.74, 6) is 1.30. The number of rotatable bonds is 3. The van der Waals surface area contributed by atoms with Gasteiger partial charge in [-0.25, -0.2) is 9.97 Å². The second-order valence-corrected chi connectivity index (χ2v) is 6.61. The number of hydrogen-bond donors (Lipinski definition) is 1. The van der Waals surface area contributed by atoms with Crippen molar-refractivity contribution in [3.8, 4) is 17.1 Å². The maximum absolute atomic E-state index is 12.9. The van der Waals surface area contributed by atoms with Crippen LogP contribution < -0.4 is 10.1 Å². The summed E-state index contributed by atoms with van der Waals surface area (Å²) in [5, 5.41) is 3.13. The van der Waals surface area contributed by atoms with Gasteiger partial charge in [-0.2, -0.15) is 0 Å². The summed E-state index contributed by atoms with van der Waals surface area (Å²) < 4.78 is 5.78. The third kappa shape index (κ3) is 3.67. The highest BCUT2D eigenvalue weighted by Gasteiger charge is 2.23. The fourth-order valence-corrected chi connectivity index (χ4v) is 3.33. The molecule has 0 spiro atoms. The van der Waals surface area contributed by atoms with Crippen molar-refractivity contribution in [3.05, 3.63) is 77.6 Å². The average Bonchev–Trinajstić information content (AvgIpc) is 2.91. The molecule has 1 unspecified atom stereocenters. The van der Waals surface area contributed by atoms with E-state index in [9.17, 15) is 4.79 Å². The van der Waals surface area contributed by atoms with Crippen molar-refractivity contribution >= 4 is 5.91 Å². The standard InChI is InChI=1S/C22H21N3O2/c1-15-18(14-23-21(24-15)16-8-3-2-4-9-16)22(26)25-19-11-7-13-27-20-12-6-5-10-17(19)20/h2-6,8-10,12,14,19H,7,11,13H2,1H3,(H,25,26). The number of hydrogen-bond acceptors (Lipinski definition) is 4. The van der Waals surface area contributed by atoms with Crippen molar-refractivity contribution in [1.82, 2.24) is 15.3 Å². The number of carbonyl (C=O) groups excluding carboxylic acids is 1. The number of amides is 1. The van der Waals surface area contributed by atoms with Crippen molar-refractivity contribution in [3.63, 3.8) is 0 Å². The fourth-order valence-electron chi connectivity index (χ4n) is 3.33. The molecule has 0 radical (unpaired) electrons. The molecule has 1 amide bonds. The van der Waals surface area contributed by atoms with Gasteiger partial charge in [0.1, 0.15) is 5.75 Å². The molecule has 0 saturated heterocycles. The summed E-state index contributed by atoms with van der Waals surface area (Å²) in [6.07, 6.45) is 3.34. The van der Waals surface area contributed by atoms with Crippen LogP contribution in [-0.2, 0) is 0 Å². The molecule has 0 fully saturated rings. The monoisotopic (exact) mass is 359 g/mol. The van der Waals surface area contributed by atoms with E-state index in [-0.39, 0.29) is 11.9 Å². The lowest BCUT2D eigenvalue weighted by Crippen LogP contribution is -2.29. The molecule has 1 atom stereocenters. The summed E-state index contributed by atoms with van der Waals surface area (Å²) in [6, 6.07) is 17.5. The van der Waals surface area contributed by atoms with E-state index in [4.69, 9.17) is 4.74 Å². The molecule has 136 valence electrons. The number of aryl methyl sites for hydroxylation is 1. The third-order valence-corrected chi connectivity index (χ3v) is 4.75. The van der Waals surface area contributed by atoms with Crippen LogP contribution in [0.15, 0.2) is 60.8 Å². The topological polar surface area (TPSA) is 64.1 Å². The Balaban J connectivity index is 1.57. The highest BCUT2D eigenvalue weighted by molar-refractivity contribution is 5.95. The van der Waals surface area contributed by atoms with Gasteiger partial charge >= 0.3 is 0 Å². The lowest BCUT2D eigenvalue weighted by molar-refractivity contribution is 0.0933. The Morgan fingerprint density at radius 3 is 2.70 bits per heavy atom. The molecule has 0 saturated carbocycles. The molecule has 1 aliphatic rings. The Hall–Kier alpha value is -3.21. The van der Waals surface area contributed by atoms with Crippen LogP contribution in [0.2, 0.25) is 0 Å². The second-order valence-electron chi connectivity index (χ2n) is 6.61. The quantitative estimate of drug-likeness (QED) is 0.765. The van der Waals surface area contributed by atoms with Crippen molar-refractivity contribution in [2.24, 2.45) is 0 Å². The van der Waals surface area contributed by atoms with E-state index in [2.05, 4.69) is 15.3 Å². The number of nitrogens with zero attached hydrogens (tertiary/aromatic N) is 2. The van der Waals surface area contributed by atoms with Gasteiger partial charge < -0.3 is 10.1 Å². The van der Waals surface area contributed by atoms with Crippen LogP contribution in [0.1, 0.15) is 40.5 Å². The number of fused-ring (bicyclic) bond motifs is 1. The summed E-state index contributed by atoms with van der Waals surface area (Å²) >= 11 is 0. The Bertz CT molecular complexity index is 957. The summed E-state index contributed by atoms with van der Waals surface area (Å²) in [7, 11) is 0. The molecule has 2 aromatic carbocycles. The minimum atomic E-state index is -0.159. The molecule has 0 bridgehead atoms. The van der Waals surface area contributed by atoms with Gasteiger partial charge in [-0.3, -0.25) is 4.79 Å². The minimum absolute atomic E-state index is 0.0793. The van der Waals surface area contributed by atoms with Gasteiger partial charge in [0, 0.05) is 17.3 Å². The summed E-state index contributed by atoms with van der Waals surface area (Å²) in [6.45, 7) is 2.50. The van der Waals surface area contributed by atoms with Crippen molar-refractivity contribution < 1.29 is 9.53 Å². The van der Waals surface area contributed by atoms with E-state index in [0.29, 0.717) is 23.7 Å². The lowest BCUT2D eigenvalue weighted by atomic mass is 10.0. The highest BCUT2D eigenvalue weighted by Crippen LogP contribution is 2.31. The maximum Gasteiger partial charge on any atom is 0.255 e. The van der Waals surface area contributed by atoms with Crippen molar-refractivity contribution in [1.29, 1.82) is 0 Å². The van der Waals surface area contributed by atoms with Crippen LogP contribution >= 0.6 is 0 Å². The molecule has 1 aromatic heterocycles. The molecule has 1 aliphatic heterocycles. The van der Waals surface area contributed by atoms with E-state index < -0.39 is 0 Å². The molecular formula is C22H21N3O2. The Morgan fingerprint density at radius 2 is 1.89 bits per heavy atom. The average molecular weight is 359 g/mol. The van der Waals surface area contributed by atoms with Crippen molar-refractivity contribution in [2.75, 3.05) is 6.61 Å². The van der Waals surface area contributed by atoms with E-state index in [1.54, 1.807) is 6.20 Å². The first-order valence-electron chi connectivity index (χ1n) is 9.14. The van der Waals surface area contributed by atoms with E-state index in [1.165, 1.54) is 0 Å². The molecule has 3 aromatic rings. The third-order valence-electron chi connectivity index (χ3n) is 4.75. The first-order valence-corrected chi connectivity index (χ1v) is 9.14. The normalized spacial score (nSPS) is 16.0. The first-order chi connectivity index (χ1) is 13.2. The zero-order valence-corrected chi connectivity index (χ0v) is 15.2. The number of aromatic nitrogens is 2. The second kappa shape index (κ2) is 7.58. The van der Waals surface area contributed by atoms with E-state index >= 15 is 0 Å². The van der Waals surface area contributed by atoms with Crippen LogP contribution in [0.4, 0.5) is 0 Å². The van der Waals surface area contributed by atoms with Gasteiger partial charge in [-0.15, -0.1) is 0 Å².